The van der Waals surface area contributed by atoms with E-state index in [2.05, 4.69) is 16.8 Å². The molecule has 0 spiro atoms. The van der Waals surface area contributed by atoms with Gasteiger partial charge in [0, 0.05) is 0 Å². The van der Waals surface area contributed by atoms with Crippen molar-refractivity contribution in [1.29, 1.82) is 0 Å². The smallest absolute Gasteiger partial charge is 0.272 e. The Bertz CT molecular complexity index is 613. The molecular weight excluding hydrogens is 208 g/mol. The van der Waals surface area contributed by atoms with Gasteiger partial charge in [0.1, 0.15) is 4.70 Å². The summed E-state index contributed by atoms with van der Waals surface area (Å²) in [4.78, 5) is 16.2. The van der Waals surface area contributed by atoms with Crippen LogP contribution in [0.4, 0.5) is 0 Å². The van der Waals surface area contributed by atoms with E-state index in [0.717, 1.165) is 11.1 Å². The van der Waals surface area contributed by atoms with Crippen LogP contribution in [0.15, 0.2) is 16.5 Å². The molecule has 0 aliphatic carbocycles. The molecule has 0 bridgehead atoms. The first-order valence-electron chi connectivity index (χ1n) is 4.57. The number of fused-ring (bicyclic) bond motifs is 1. The van der Waals surface area contributed by atoms with Crippen LogP contribution in [-0.4, -0.2) is 9.55 Å². The van der Waals surface area contributed by atoms with Crippen LogP contribution in [0.5, 0.6) is 0 Å². The minimum absolute atomic E-state index is 0.000787. The Morgan fingerprint density at radius 3 is 3.13 bits per heavy atom. The van der Waals surface area contributed by atoms with Crippen molar-refractivity contribution in [3.63, 3.8) is 0 Å². The molecule has 3 nitrogen and oxygen atoms in total. The fraction of sp³-hybridized carbons (Fsp3) is 0.273. The maximum absolute atomic E-state index is 11.9. The third-order valence-electron chi connectivity index (χ3n) is 2.15. The lowest BCUT2D eigenvalue weighted by Crippen LogP contribution is -2.19. The summed E-state index contributed by atoms with van der Waals surface area (Å²) in [5.74, 6) is 5.62. The summed E-state index contributed by atoms with van der Waals surface area (Å²) in [6.45, 7) is 4.13. The molecule has 0 atom stereocenters. The zero-order valence-electron chi connectivity index (χ0n) is 8.57. The molecule has 0 radical (unpaired) electrons. The number of rotatable bonds is 1. The van der Waals surface area contributed by atoms with Crippen LogP contribution in [0.3, 0.4) is 0 Å². The van der Waals surface area contributed by atoms with Gasteiger partial charge < -0.3 is 0 Å². The van der Waals surface area contributed by atoms with Crippen LogP contribution in [-0.2, 0) is 6.54 Å². The van der Waals surface area contributed by atoms with Crippen LogP contribution >= 0.6 is 11.3 Å². The summed E-state index contributed by atoms with van der Waals surface area (Å²) in [5, 5.41) is 1.95. The van der Waals surface area contributed by atoms with E-state index in [1.165, 1.54) is 15.9 Å². The molecule has 15 heavy (non-hydrogen) atoms. The highest BCUT2D eigenvalue weighted by atomic mass is 32.1. The Hall–Kier alpha value is -1.60. The van der Waals surface area contributed by atoms with Crippen LogP contribution in [0.25, 0.3) is 10.2 Å². The van der Waals surface area contributed by atoms with Crippen molar-refractivity contribution in [2.75, 3.05) is 0 Å². The van der Waals surface area contributed by atoms with E-state index in [1.807, 2.05) is 12.3 Å². The topological polar surface area (TPSA) is 34.9 Å². The van der Waals surface area contributed by atoms with Crippen LogP contribution < -0.4 is 5.56 Å². The van der Waals surface area contributed by atoms with Crippen LogP contribution in [0, 0.1) is 18.8 Å². The Morgan fingerprint density at radius 1 is 1.60 bits per heavy atom. The minimum atomic E-state index is 0.000787. The van der Waals surface area contributed by atoms with Gasteiger partial charge in [-0.2, -0.15) is 0 Å². The molecule has 0 aliphatic heterocycles. The van der Waals surface area contributed by atoms with Gasteiger partial charge in [-0.15, -0.1) is 17.3 Å². The van der Waals surface area contributed by atoms with E-state index in [9.17, 15) is 4.79 Å². The normalized spacial score (nSPS) is 10.0. The van der Waals surface area contributed by atoms with Gasteiger partial charge in [0.15, 0.2) is 0 Å². The first kappa shape index (κ1) is 9.94. The zero-order valence-corrected chi connectivity index (χ0v) is 9.39. The summed E-state index contributed by atoms with van der Waals surface area (Å²) in [6, 6.07) is 0. The molecule has 2 rings (SSSR count). The molecule has 0 fully saturated rings. The van der Waals surface area contributed by atoms with Gasteiger partial charge in [-0.05, 0) is 24.8 Å². The molecule has 0 amide bonds. The summed E-state index contributed by atoms with van der Waals surface area (Å²) < 4.78 is 2.25. The second kappa shape index (κ2) is 3.87. The highest BCUT2D eigenvalue weighted by Crippen LogP contribution is 2.18. The molecule has 0 aliphatic rings. The maximum Gasteiger partial charge on any atom is 0.272 e. The molecule has 2 aromatic heterocycles. The van der Waals surface area contributed by atoms with Gasteiger partial charge in [0.25, 0.3) is 5.56 Å². The van der Waals surface area contributed by atoms with Gasteiger partial charge in [-0.25, -0.2) is 4.98 Å². The molecule has 0 N–H and O–H groups in total. The fourth-order valence-electron chi connectivity index (χ4n) is 1.34. The van der Waals surface area contributed by atoms with E-state index in [0.29, 0.717) is 11.2 Å². The number of aryl methyl sites for hydroxylation is 1. The van der Waals surface area contributed by atoms with Crippen molar-refractivity contribution in [3.8, 4) is 11.8 Å². The predicted molar refractivity (Wildman–Crippen MR) is 62.1 cm³/mol. The average Bonchev–Trinajstić information content (AvgIpc) is 2.61. The number of hydrogen-bond donors (Lipinski definition) is 0. The molecule has 0 aromatic carbocycles. The standard InChI is InChI=1S/C11H10N2OS/c1-3-4-5-13-7-12-9-8(2)6-15-10(9)11(13)14/h6-7H,5H2,1-2H3. The SMILES string of the molecule is CC#CCn1cnc2c(C)csc2c1=O. The van der Waals surface area contributed by atoms with Crippen molar-refractivity contribution in [2.24, 2.45) is 0 Å². The third-order valence-corrected chi connectivity index (χ3v) is 3.22. The van der Waals surface area contributed by atoms with Crippen molar-refractivity contribution < 1.29 is 0 Å². The zero-order chi connectivity index (χ0) is 10.8. The van der Waals surface area contributed by atoms with E-state index in [-0.39, 0.29) is 5.56 Å². The monoisotopic (exact) mass is 218 g/mol. The van der Waals surface area contributed by atoms with Crippen molar-refractivity contribution >= 4 is 21.6 Å². The van der Waals surface area contributed by atoms with Crippen LogP contribution in [0.2, 0.25) is 0 Å². The van der Waals surface area contributed by atoms with Crippen LogP contribution in [0.1, 0.15) is 12.5 Å². The first-order valence-corrected chi connectivity index (χ1v) is 5.45. The van der Waals surface area contributed by atoms with Crippen molar-refractivity contribution in [1.82, 2.24) is 9.55 Å². The van der Waals surface area contributed by atoms with Crippen molar-refractivity contribution in [2.45, 2.75) is 20.4 Å². The molecular formula is C11H10N2OS. The molecule has 0 saturated heterocycles. The number of nitrogens with zero attached hydrogens (tertiary/aromatic N) is 2. The third kappa shape index (κ3) is 1.66. The summed E-state index contributed by atoms with van der Waals surface area (Å²) >= 11 is 1.44. The van der Waals surface area contributed by atoms with Gasteiger partial charge in [0.2, 0.25) is 0 Å². The largest absolute Gasteiger partial charge is 0.286 e. The van der Waals surface area contributed by atoms with Gasteiger partial charge in [-0.1, -0.05) is 5.92 Å². The number of aromatic nitrogens is 2. The van der Waals surface area contributed by atoms with Gasteiger partial charge >= 0.3 is 0 Å². The molecule has 0 saturated carbocycles. The lowest BCUT2D eigenvalue weighted by molar-refractivity contribution is 0.784. The summed E-state index contributed by atoms with van der Waals surface area (Å²) in [6.07, 6.45) is 1.56. The lowest BCUT2D eigenvalue weighted by Gasteiger charge is -1.99. The molecule has 2 aromatic rings. The summed E-state index contributed by atoms with van der Waals surface area (Å²) in [7, 11) is 0. The molecule has 2 heterocycles. The molecule has 76 valence electrons. The molecule has 0 unspecified atom stereocenters. The Balaban J connectivity index is 2.64. The average molecular weight is 218 g/mol. The minimum Gasteiger partial charge on any atom is -0.286 e. The van der Waals surface area contributed by atoms with E-state index in [1.54, 1.807) is 13.3 Å². The maximum atomic E-state index is 11.9. The Morgan fingerprint density at radius 2 is 2.40 bits per heavy atom. The van der Waals surface area contributed by atoms with E-state index >= 15 is 0 Å². The fourth-order valence-corrected chi connectivity index (χ4v) is 2.29. The Kier molecular flexibility index (Phi) is 2.57. The van der Waals surface area contributed by atoms with E-state index in [4.69, 9.17) is 0 Å². The summed E-state index contributed by atoms with van der Waals surface area (Å²) in [5.41, 5.74) is 1.87. The second-order valence-corrected chi connectivity index (χ2v) is 4.08. The van der Waals surface area contributed by atoms with Crippen molar-refractivity contribution in [3.05, 3.63) is 27.6 Å². The first-order chi connectivity index (χ1) is 7.24. The quantitative estimate of drug-likeness (QED) is 0.684. The number of hydrogen-bond acceptors (Lipinski definition) is 3. The Labute approximate surface area is 91.4 Å². The molecule has 4 heteroatoms. The lowest BCUT2D eigenvalue weighted by atomic mass is 10.3. The highest BCUT2D eigenvalue weighted by molar-refractivity contribution is 7.17. The van der Waals surface area contributed by atoms with E-state index < -0.39 is 0 Å². The number of thiophene rings is 1. The predicted octanol–water partition coefficient (Wildman–Crippen LogP) is 1.79. The highest BCUT2D eigenvalue weighted by Gasteiger charge is 2.06. The second-order valence-electron chi connectivity index (χ2n) is 3.20. The van der Waals surface area contributed by atoms with Gasteiger partial charge in [-0.3, -0.25) is 9.36 Å². The van der Waals surface area contributed by atoms with Gasteiger partial charge in [0.05, 0.1) is 18.4 Å².